The quantitative estimate of drug-likeness (QED) is 0.309. The summed E-state index contributed by atoms with van der Waals surface area (Å²) in [6.07, 6.45) is 3.07. The Morgan fingerprint density at radius 1 is 1.07 bits per heavy atom. The predicted octanol–water partition coefficient (Wildman–Crippen LogP) is 3.96. The summed E-state index contributed by atoms with van der Waals surface area (Å²) in [5, 5.41) is 2.60. The van der Waals surface area contributed by atoms with Crippen LogP contribution in [0.25, 0.3) is 39.2 Å². The molecule has 6 rings (SSSR count). The minimum Gasteiger partial charge on any atom is -0.381 e. The van der Waals surface area contributed by atoms with Gasteiger partial charge in [0.1, 0.15) is 22.9 Å². The molecule has 0 aliphatic rings. The van der Waals surface area contributed by atoms with Crippen LogP contribution in [0.5, 0.6) is 0 Å². The molecule has 13 heteroatoms. The number of H-pyrrole nitrogens is 1. The minimum atomic E-state index is -0.707. The lowest BCUT2D eigenvalue weighted by molar-refractivity contribution is 0.102. The molecule has 0 fully saturated rings. The molecule has 0 spiro atoms. The van der Waals surface area contributed by atoms with Crippen LogP contribution in [0.3, 0.4) is 0 Å². The van der Waals surface area contributed by atoms with E-state index >= 15 is 4.39 Å². The van der Waals surface area contributed by atoms with Gasteiger partial charge in [0.2, 0.25) is 0 Å². The first-order chi connectivity index (χ1) is 20.2. The summed E-state index contributed by atoms with van der Waals surface area (Å²) >= 11 is 0. The van der Waals surface area contributed by atoms with Crippen LogP contribution in [0.15, 0.2) is 69.0 Å². The average Bonchev–Trinajstić information content (AvgIpc) is 3.67. The first-order valence-corrected chi connectivity index (χ1v) is 13.1. The van der Waals surface area contributed by atoms with Gasteiger partial charge in [-0.1, -0.05) is 18.2 Å². The normalized spacial score (nSPS) is 11.4. The van der Waals surface area contributed by atoms with Crippen molar-refractivity contribution >= 4 is 22.6 Å². The number of carbonyl (C=O) groups excluding carboxylic acids is 1. The van der Waals surface area contributed by atoms with Crippen LogP contribution in [0.1, 0.15) is 29.0 Å². The van der Waals surface area contributed by atoms with Crippen LogP contribution >= 0.6 is 0 Å². The maximum Gasteiger partial charge on any atom is 0.298 e. The smallest absolute Gasteiger partial charge is 0.298 e. The zero-order valence-corrected chi connectivity index (χ0v) is 23.1. The van der Waals surface area contributed by atoms with Crippen LogP contribution < -0.4 is 16.4 Å². The van der Waals surface area contributed by atoms with Crippen molar-refractivity contribution in [2.75, 3.05) is 5.32 Å². The van der Waals surface area contributed by atoms with Crippen LogP contribution in [0, 0.1) is 19.7 Å². The highest BCUT2D eigenvalue weighted by molar-refractivity contribution is 6.10. The molecule has 42 heavy (non-hydrogen) atoms. The monoisotopic (exact) mass is 568 g/mol. The molecule has 0 radical (unpaired) electrons. The Bertz CT molecular complexity index is 2100. The van der Waals surface area contributed by atoms with E-state index in [2.05, 4.69) is 25.3 Å². The predicted molar refractivity (Wildman–Crippen MR) is 153 cm³/mol. The molecular formula is C29H25FN8O4. The minimum absolute atomic E-state index is 0.0444. The number of aryl methyl sites for hydroxylation is 4. The van der Waals surface area contributed by atoms with Gasteiger partial charge in [-0.3, -0.25) is 19.1 Å². The Morgan fingerprint density at radius 3 is 2.48 bits per heavy atom. The van der Waals surface area contributed by atoms with Gasteiger partial charge >= 0.3 is 0 Å². The topological polar surface area (TPSA) is 146 Å². The number of benzene rings is 2. The molecule has 0 atom stereocenters. The molecule has 0 unspecified atom stereocenters. The molecule has 1 amide bonds. The third kappa shape index (κ3) is 4.22. The van der Waals surface area contributed by atoms with Gasteiger partial charge in [0.25, 0.3) is 17.0 Å². The van der Waals surface area contributed by atoms with E-state index in [0.717, 1.165) is 4.74 Å². The largest absolute Gasteiger partial charge is 0.381 e. The molecule has 2 aromatic carbocycles. The van der Waals surface area contributed by atoms with Gasteiger partial charge < -0.3 is 14.8 Å². The van der Waals surface area contributed by atoms with Gasteiger partial charge in [0.05, 0.1) is 22.5 Å². The number of nitrogens with one attached hydrogen (secondary N) is 2. The maximum atomic E-state index is 15.4. The van der Waals surface area contributed by atoms with Crippen molar-refractivity contribution in [2.24, 2.45) is 7.05 Å². The van der Waals surface area contributed by atoms with Crippen molar-refractivity contribution in [3.63, 3.8) is 0 Å². The van der Waals surface area contributed by atoms with E-state index < -0.39 is 17.3 Å². The van der Waals surface area contributed by atoms with Gasteiger partial charge in [-0.05, 0) is 50.6 Å². The number of rotatable bonds is 6. The third-order valence-electron chi connectivity index (χ3n) is 6.93. The van der Waals surface area contributed by atoms with Crippen LogP contribution in [0.4, 0.5) is 10.1 Å². The second kappa shape index (κ2) is 10.1. The standard InChI is InChI=1S/C29H25FN8O4/c1-5-37-25-23(27(39)35-20-8-6-7-19(22(20)30)26-31-13-14-32-26)33-16(3)34-24(25)29(41)38(37)18-11-9-17(10-12-18)21-15(2)42-36(4)28(21)40/h6-14H,5H2,1-4H3,(H,31,32)(H,35,39). The molecule has 6 aromatic rings. The number of amides is 1. The number of hydrogen-bond acceptors (Lipinski definition) is 7. The number of imidazole rings is 1. The first kappa shape index (κ1) is 26.6. The molecule has 0 saturated carbocycles. The molecule has 0 saturated heterocycles. The number of anilines is 1. The van der Waals surface area contributed by atoms with Gasteiger partial charge in [-0.25, -0.2) is 24.0 Å². The molecular weight excluding hydrogens is 543 g/mol. The van der Waals surface area contributed by atoms with Crippen molar-refractivity contribution in [3.05, 3.63) is 98.7 Å². The summed E-state index contributed by atoms with van der Waals surface area (Å²) in [4.78, 5) is 55.4. The van der Waals surface area contributed by atoms with Gasteiger partial charge in [-0.2, -0.15) is 4.74 Å². The number of hydrogen-bond donors (Lipinski definition) is 2. The number of halogens is 1. The zero-order chi connectivity index (χ0) is 29.7. The molecule has 0 aliphatic carbocycles. The Morgan fingerprint density at radius 2 is 1.83 bits per heavy atom. The van der Waals surface area contributed by atoms with Gasteiger partial charge in [-0.15, -0.1) is 0 Å². The molecule has 12 nitrogen and oxygen atoms in total. The fraction of sp³-hybridized carbons (Fsp3) is 0.172. The van der Waals surface area contributed by atoms with E-state index in [1.54, 1.807) is 61.1 Å². The summed E-state index contributed by atoms with van der Waals surface area (Å²) in [5.41, 5.74) is 1.11. The fourth-order valence-electron chi connectivity index (χ4n) is 5.09. The van der Waals surface area contributed by atoms with Crippen molar-refractivity contribution in [2.45, 2.75) is 27.3 Å². The van der Waals surface area contributed by atoms with E-state index in [4.69, 9.17) is 4.52 Å². The Balaban J connectivity index is 1.44. The second-order valence-corrected chi connectivity index (χ2v) is 9.58. The Kier molecular flexibility index (Phi) is 6.41. The van der Waals surface area contributed by atoms with E-state index in [0.29, 0.717) is 28.4 Å². The van der Waals surface area contributed by atoms with Gasteiger partial charge in [0.15, 0.2) is 17.0 Å². The number of nitrogens with zero attached hydrogens (tertiary/aromatic N) is 6. The van der Waals surface area contributed by atoms with Crippen LogP contribution in [-0.4, -0.2) is 39.9 Å². The molecule has 4 aromatic heterocycles. The molecule has 212 valence electrons. The van der Waals surface area contributed by atoms with Crippen LogP contribution in [0.2, 0.25) is 0 Å². The Labute approximate surface area is 237 Å². The number of aromatic nitrogens is 7. The number of carbonyl (C=O) groups is 1. The fourth-order valence-corrected chi connectivity index (χ4v) is 5.09. The van der Waals surface area contributed by atoms with Crippen molar-refractivity contribution in [3.8, 4) is 28.2 Å². The lowest BCUT2D eigenvalue weighted by Crippen LogP contribution is -2.21. The highest BCUT2D eigenvalue weighted by Crippen LogP contribution is 2.27. The number of fused-ring (bicyclic) bond motifs is 1. The van der Waals surface area contributed by atoms with E-state index in [-0.39, 0.29) is 45.9 Å². The lowest BCUT2D eigenvalue weighted by Gasteiger charge is -2.13. The van der Waals surface area contributed by atoms with Crippen molar-refractivity contribution in [1.82, 2.24) is 34.0 Å². The SMILES string of the molecule is CCn1c2c(C(=O)Nc3cccc(-c4ncc[nH]4)c3F)nc(C)nc2c(=O)n1-c1ccc(-c2c(C)on(C)c2=O)cc1. The summed E-state index contributed by atoms with van der Waals surface area (Å²) in [7, 11) is 1.54. The van der Waals surface area contributed by atoms with Crippen molar-refractivity contribution < 1.29 is 13.7 Å². The van der Waals surface area contributed by atoms with E-state index in [9.17, 15) is 14.4 Å². The molecule has 4 heterocycles. The summed E-state index contributed by atoms with van der Waals surface area (Å²) in [6.45, 7) is 5.38. The van der Waals surface area contributed by atoms with E-state index in [1.165, 1.54) is 24.0 Å². The molecule has 0 bridgehead atoms. The van der Waals surface area contributed by atoms with Gasteiger partial charge in [0, 0.05) is 26.0 Å². The maximum absolute atomic E-state index is 15.4. The molecule has 0 aliphatic heterocycles. The second-order valence-electron chi connectivity index (χ2n) is 9.58. The summed E-state index contributed by atoms with van der Waals surface area (Å²) in [6, 6.07) is 11.4. The zero-order valence-electron chi connectivity index (χ0n) is 23.1. The van der Waals surface area contributed by atoms with E-state index in [1.807, 2.05) is 6.92 Å². The first-order valence-electron chi connectivity index (χ1n) is 13.1. The molecule has 2 N–H and O–H groups in total. The highest BCUT2D eigenvalue weighted by Gasteiger charge is 2.25. The van der Waals surface area contributed by atoms with Crippen molar-refractivity contribution in [1.29, 1.82) is 0 Å². The number of aromatic amines is 1. The van der Waals surface area contributed by atoms with Crippen LogP contribution in [-0.2, 0) is 13.6 Å². The lowest BCUT2D eigenvalue weighted by atomic mass is 10.1. The third-order valence-corrected chi connectivity index (χ3v) is 6.93. The Hall–Kier alpha value is -5.59. The summed E-state index contributed by atoms with van der Waals surface area (Å²) < 4.78 is 24.9. The summed E-state index contributed by atoms with van der Waals surface area (Å²) in [5.74, 6) is -0.382. The average molecular weight is 569 g/mol. The highest BCUT2D eigenvalue weighted by atomic mass is 19.1.